The lowest BCUT2D eigenvalue weighted by atomic mass is 10.4. The molecule has 1 unspecified atom stereocenters. The van der Waals surface area contributed by atoms with Crippen LogP contribution in [0.4, 0.5) is 0 Å². The van der Waals surface area contributed by atoms with E-state index in [1.54, 1.807) is 11.3 Å². The first-order valence-corrected chi connectivity index (χ1v) is 4.99. The summed E-state index contributed by atoms with van der Waals surface area (Å²) in [5, 5.41) is 9.41. The van der Waals surface area contributed by atoms with E-state index in [0.717, 1.165) is 4.88 Å². The van der Waals surface area contributed by atoms with Gasteiger partial charge in [0, 0.05) is 4.88 Å². The van der Waals surface area contributed by atoms with Gasteiger partial charge in [0.1, 0.15) is 0 Å². The van der Waals surface area contributed by atoms with Crippen molar-refractivity contribution in [1.29, 1.82) is 0 Å². The average Bonchev–Trinajstić information content (AvgIpc) is 2.56. The molecule has 5 heteroatoms. The van der Waals surface area contributed by atoms with Gasteiger partial charge in [0.15, 0.2) is 5.38 Å². The van der Waals surface area contributed by atoms with Gasteiger partial charge >= 0.3 is 5.97 Å². The zero-order valence-electron chi connectivity index (χ0n) is 6.77. The van der Waals surface area contributed by atoms with Gasteiger partial charge in [0.05, 0.1) is 13.2 Å². The minimum atomic E-state index is -1.05. The van der Waals surface area contributed by atoms with Gasteiger partial charge in [-0.15, -0.1) is 22.9 Å². The monoisotopic (exact) mass is 220 g/mol. The fourth-order valence-corrected chi connectivity index (χ4v) is 1.46. The van der Waals surface area contributed by atoms with Gasteiger partial charge in [-0.2, -0.15) is 0 Å². The van der Waals surface area contributed by atoms with Crippen LogP contribution >= 0.6 is 22.9 Å². The lowest BCUT2D eigenvalue weighted by Crippen LogP contribution is -2.19. The molecule has 1 aromatic heterocycles. The molecule has 0 aromatic carbocycles. The number of halogens is 1. The summed E-state index contributed by atoms with van der Waals surface area (Å²) in [6.45, 7) is 0.461. The van der Waals surface area contributed by atoms with Crippen molar-refractivity contribution >= 4 is 28.9 Å². The van der Waals surface area contributed by atoms with Crippen molar-refractivity contribution < 1.29 is 14.6 Å². The van der Waals surface area contributed by atoms with E-state index >= 15 is 0 Å². The van der Waals surface area contributed by atoms with Gasteiger partial charge in [0.25, 0.3) is 0 Å². The van der Waals surface area contributed by atoms with Gasteiger partial charge in [-0.1, -0.05) is 6.07 Å². The zero-order chi connectivity index (χ0) is 9.68. The summed E-state index contributed by atoms with van der Waals surface area (Å²) < 4.78 is 5.10. The van der Waals surface area contributed by atoms with Crippen LogP contribution < -0.4 is 0 Å². The number of rotatable bonds is 5. The van der Waals surface area contributed by atoms with Gasteiger partial charge < -0.3 is 9.84 Å². The van der Waals surface area contributed by atoms with Crippen molar-refractivity contribution in [2.75, 3.05) is 6.61 Å². The summed E-state index contributed by atoms with van der Waals surface area (Å²) in [7, 11) is 0. The first-order chi connectivity index (χ1) is 6.20. The van der Waals surface area contributed by atoms with Crippen LogP contribution in [0, 0.1) is 0 Å². The zero-order valence-corrected chi connectivity index (χ0v) is 8.35. The van der Waals surface area contributed by atoms with Crippen molar-refractivity contribution in [3.05, 3.63) is 22.4 Å². The number of carboxylic acids is 1. The van der Waals surface area contributed by atoms with E-state index in [9.17, 15) is 4.79 Å². The maximum Gasteiger partial charge on any atom is 0.324 e. The van der Waals surface area contributed by atoms with E-state index < -0.39 is 11.3 Å². The molecule has 1 rings (SSSR count). The standard InChI is InChI=1S/C8H9ClO3S/c9-7(8(10)11)5-12-4-6-2-1-3-13-6/h1-3,7H,4-5H2,(H,10,11). The van der Waals surface area contributed by atoms with Crippen LogP contribution in [-0.4, -0.2) is 23.1 Å². The molecule has 0 amide bonds. The van der Waals surface area contributed by atoms with Crippen molar-refractivity contribution in [3.63, 3.8) is 0 Å². The third kappa shape index (κ3) is 3.76. The van der Waals surface area contributed by atoms with Crippen LogP contribution in [0.3, 0.4) is 0 Å². The molecule has 72 valence electrons. The van der Waals surface area contributed by atoms with Crippen LogP contribution in [0.25, 0.3) is 0 Å². The lowest BCUT2D eigenvalue weighted by molar-refractivity contribution is -0.137. The van der Waals surface area contributed by atoms with Gasteiger partial charge in [0.2, 0.25) is 0 Å². The largest absolute Gasteiger partial charge is 0.480 e. The predicted octanol–water partition coefficient (Wildman–Crippen LogP) is 1.96. The molecular weight excluding hydrogens is 212 g/mol. The summed E-state index contributed by atoms with van der Waals surface area (Å²) in [6.07, 6.45) is 0. The van der Waals surface area contributed by atoms with Crippen molar-refractivity contribution in [2.45, 2.75) is 12.0 Å². The number of ether oxygens (including phenoxy) is 1. The molecule has 0 aliphatic heterocycles. The van der Waals surface area contributed by atoms with Crippen LogP contribution in [0.2, 0.25) is 0 Å². The molecule has 0 spiro atoms. The number of thiophene rings is 1. The smallest absolute Gasteiger partial charge is 0.324 e. The molecule has 1 N–H and O–H groups in total. The number of carboxylic acid groups (broad SMARTS) is 1. The normalized spacial score (nSPS) is 12.7. The van der Waals surface area contributed by atoms with Crippen molar-refractivity contribution in [1.82, 2.24) is 0 Å². The average molecular weight is 221 g/mol. The predicted molar refractivity (Wildman–Crippen MR) is 51.3 cm³/mol. The highest BCUT2D eigenvalue weighted by molar-refractivity contribution is 7.09. The number of hydrogen-bond acceptors (Lipinski definition) is 3. The highest BCUT2D eigenvalue weighted by atomic mass is 35.5. The van der Waals surface area contributed by atoms with Crippen LogP contribution in [0.5, 0.6) is 0 Å². The summed E-state index contributed by atoms with van der Waals surface area (Å²) >= 11 is 7.00. The summed E-state index contributed by atoms with van der Waals surface area (Å²) in [6, 6.07) is 3.84. The van der Waals surface area contributed by atoms with Crippen LogP contribution in [0.15, 0.2) is 17.5 Å². The van der Waals surface area contributed by atoms with Gasteiger partial charge in [-0.25, -0.2) is 0 Å². The third-order valence-corrected chi connectivity index (χ3v) is 2.52. The highest BCUT2D eigenvalue weighted by Gasteiger charge is 2.13. The molecule has 1 aromatic rings. The molecular formula is C8H9ClO3S. The van der Waals surface area contributed by atoms with Crippen molar-refractivity contribution in [3.8, 4) is 0 Å². The van der Waals surface area contributed by atoms with E-state index in [1.807, 2.05) is 17.5 Å². The molecule has 1 heterocycles. The van der Waals surface area contributed by atoms with E-state index in [-0.39, 0.29) is 6.61 Å². The highest BCUT2D eigenvalue weighted by Crippen LogP contribution is 2.10. The third-order valence-electron chi connectivity index (χ3n) is 1.36. The van der Waals surface area contributed by atoms with Crippen LogP contribution in [0.1, 0.15) is 4.88 Å². The number of alkyl halides is 1. The second kappa shape index (κ2) is 5.21. The molecule has 1 atom stereocenters. The molecule has 0 saturated heterocycles. The first-order valence-electron chi connectivity index (χ1n) is 3.67. The molecule has 0 aliphatic carbocycles. The Morgan fingerprint density at radius 3 is 3.08 bits per heavy atom. The molecule has 0 aliphatic rings. The van der Waals surface area contributed by atoms with E-state index in [4.69, 9.17) is 21.4 Å². The van der Waals surface area contributed by atoms with Gasteiger partial charge in [-0.3, -0.25) is 4.79 Å². The minimum Gasteiger partial charge on any atom is -0.480 e. The minimum absolute atomic E-state index is 0.0365. The second-order valence-corrected chi connectivity index (χ2v) is 3.96. The Balaban J connectivity index is 2.18. The Morgan fingerprint density at radius 2 is 2.54 bits per heavy atom. The second-order valence-electron chi connectivity index (χ2n) is 2.40. The maximum absolute atomic E-state index is 10.3. The molecule has 0 bridgehead atoms. The van der Waals surface area contributed by atoms with E-state index in [2.05, 4.69) is 0 Å². The molecule has 0 saturated carbocycles. The maximum atomic E-state index is 10.3. The Hall–Kier alpha value is -0.580. The lowest BCUT2D eigenvalue weighted by Gasteiger charge is -2.04. The topological polar surface area (TPSA) is 46.5 Å². The number of hydrogen-bond donors (Lipinski definition) is 1. The summed E-state index contributed by atoms with van der Waals surface area (Å²) in [5.74, 6) is -1.05. The SMILES string of the molecule is O=C(O)C(Cl)COCc1cccs1. The van der Waals surface area contributed by atoms with Crippen LogP contribution in [-0.2, 0) is 16.1 Å². The summed E-state index contributed by atoms with van der Waals surface area (Å²) in [4.78, 5) is 11.3. The molecule has 0 radical (unpaired) electrons. The quantitative estimate of drug-likeness (QED) is 0.772. The number of carbonyl (C=O) groups is 1. The molecule has 0 fully saturated rings. The molecule has 3 nitrogen and oxygen atoms in total. The van der Waals surface area contributed by atoms with Gasteiger partial charge in [-0.05, 0) is 11.4 Å². The van der Waals surface area contributed by atoms with E-state index in [1.165, 1.54) is 0 Å². The molecule has 13 heavy (non-hydrogen) atoms. The summed E-state index contributed by atoms with van der Waals surface area (Å²) in [5.41, 5.74) is 0. The fraction of sp³-hybridized carbons (Fsp3) is 0.375. The number of aliphatic carboxylic acids is 1. The Morgan fingerprint density at radius 1 is 1.77 bits per heavy atom. The Bertz CT molecular complexity index is 260. The Labute approximate surface area is 84.9 Å². The first kappa shape index (κ1) is 10.5. The van der Waals surface area contributed by atoms with E-state index in [0.29, 0.717) is 6.61 Å². The fourth-order valence-electron chi connectivity index (χ4n) is 0.729. The Kier molecular flexibility index (Phi) is 4.21. The van der Waals surface area contributed by atoms with Crippen molar-refractivity contribution in [2.24, 2.45) is 0 Å².